The third kappa shape index (κ3) is 3.93. The van der Waals surface area contributed by atoms with E-state index in [1.165, 1.54) is 16.7 Å². The SMILES string of the molecule is CCc1ccc(NCc2cccc(C3(C)CCSC(N)=N3)c2)cc1. The number of aryl methyl sites for hydroxylation is 1. The van der Waals surface area contributed by atoms with E-state index in [9.17, 15) is 0 Å². The number of anilines is 1. The van der Waals surface area contributed by atoms with Gasteiger partial charge in [-0.25, -0.2) is 0 Å². The van der Waals surface area contributed by atoms with Crippen LogP contribution < -0.4 is 11.1 Å². The average molecular weight is 340 g/mol. The molecule has 1 heterocycles. The predicted octanol–water partition coefficient (Wildman–Crippen LogP) is 4.53. The monoisotopic (exact) mass is 339 g/mol. The zero-order valence-corrected chi connectivity index (χ0v) is 15.2. The van der Waals surface area contributed by atoms with E-state index in [0.29, 0.717) is 5.17 Å². The standard InChI is InChI=1S/C20H25N3S/c1-3-15-7-9-18(10-8-15)22-14-16-5-4-6-17(13-16)20(2)11-12-24-19(21)23-20/h4-10,13,22H,3,11-12,14H2,1-2H3,(H2,21,23). The van der Waals surface area contributed by atoms with Gasteiger partial charge in [-0.05, 0) is 48.6 Å². The van der Waals surface area contributed by atoms with Crippen molar-refractivity contribution in [1.82, 2.24) is 0 Å². The molecular formula is C20H25N3S. The number of nitrogens with two attached hydrogens (primary N) is 1. The molecule has 3 N–H and O–H groups in total. The number of aliphatic imine (C=N–C) groups is 1. The minimum absolute atomic E-state index is 0.200. The second-order valence-electron chi connectivity index (χ2n) is 6.43. The van der Waals surface area contributed by atoms with Crippen LogP contribution in [0.1, 0.15) is 37.0 Å². The van der Waals surface area contributed by atoms with E-state index < -0.39 is 0 Å². The van der Waals surface area contributed by atoms with E-state index in [1.54, 1.807) is 11.8 Å². The largest absolute Gasteiger partial charge is 0.381 e. The Balaban J connectivity index is 1.72. The summed E-state index contributed by atoms with van der Waals surface area (Å²) in [5.41, 5.74) is 10.8. The highest BCUT2D eigenvalue weighted by molar-refractivity contribution is 8.13. The highest BCUT2D eigenvalue weighted by Crippen LogP contribution is 2.35. The van der Waals surface area contributed by atoms with Gasteiger partial charge in [-0.2, -0.15) is 0 Å². The molecular weight excluding hydrogens is 314 g/mol. The summed E-state index contributed by atoms with van der Waals surface area (Å²) in [4.78, 5) is 4.70. The summed E-state index contributed by atoms with van der Waals surface area (Å²) in [7, 11) is 0. The van der Waals surface area contributed by atoms with Gasteiger partial charge in [0, 0.05) is 18.0 Å². The molecule has 1 aliphatic rings. The van der Waals surface area contributed by atoms with Crippen molar-refractivity contribution in [3.05, 3.63) is 65.2 Å². The molecule has 1 atom stereocenters. The fourth-order valence-electron chi connectivity index (χ4n) is 2.97. The number of amidine groups is 1. The van der Waals surface area contributed by atoms with Crippen LogP contribution in [0.3, 0.4) is 0 Å². The van der Waals surface area contributed by atoms with Crippen LogP contribution in [0.25, 0.3) is 0 Å². The van der Waals surface area contributed by atoms with Crippen LogP contribution in [0.15, 0.2) is 53.5 Å². The van der Waals surface area contributed by atoms with Crippen molar-refractivity contribution in [2.45, 2.75) is 38.8 Å². The number of hydrogen-bond acceptors (Lipinski definition) is 4. The smallest absolute Gasteiger partial charge is 0.154 e. The minimum Gasteiger partial charge on any atom is -0.381 e. The maximum Gasteiger partial charge on any atom is 0.154 e. The summed E-state index contributed by atoms with van der Waals surface area (Å²) in [6.45, 7) is 5.16. The van der Waals surface area contributed by atoms with E-state index in [0.717, 1.165) is 30.8 Å². The van der Waals surface area contributed by atoms with Crippen LogP contribution in [-0.2, 0) is 18.5 Å². The molecule has 0 aliphatic carbocycles. The summed E-state index contributed by atoms with van der Waals surface area (Å²) in [5.74, 6) is 1.03. The summed E-state index contributed by atoms with van der Waals surface area (Å²) in [6.07, 6.45) is 2.09. The second kappa shape index (κ2) is 7.31. The molecule has 0 bridgehead atoms. The fraction of sp³-hybridized carbons (Fsp3) is 0.350. The van der Waals surface area contributed by atoms with Crippen molar-refractivity contribution in [1.29, 1.82) is 0 Å². The van der Waals surface area contributed by atoms with Gasteiger partial charge in [-0.3, -0.25) is 4.99 Å². The topological polar surface area (TPSA) is 50.4 Å². The molecule has 0 saturated heterocycles. The predicted molar refractivity (Wildman–Crippen MR) is 106 cm³/mol. The molecule has 0 fully saturated rings. The number of nitrogens with zero attached hydrogens (tertiary/aromatic N) is 1. The van der Waals surface area contributed by atoms with Crippen molar-refractivity contribution in [2.75, 3.05) is 11.1 Å². The molecule has 0 spiro atoms. The lowest BCUT2D eigenvalue weighted by molar-refractivity contribution is 0.481. The average Bonchev–Trinajstić information content (AvgIpc) is 2.60. The molecule has 1 unspecified atom stereocenters. The Kier molecular flexibility index (Phi) is 5.14. The second-order valence-corrected chi connectivity index (χ2v) is 7.54. The van der Waals surface area contributed by atoms with E-state index in [2.05, 4.69) is 67.7 Å². The summed E-state index contributed by atoms with van der Waals surface area (Å²) < 4.78 is 0. The molecule has 126 valence electrons. The molecule has 0 amide bonds. The normalized spacial score (nSPS) is 20.5. The summed E-state index contributed by atoms with van der Waals surface area (Å²) in [5, 5.41) is 4.20. The maximum absolute atomic E-state index is 5.94. The Morgan fingerprint density at radius 3 is 2.67 bits per heavy atom. The van der Waals surface area contributed by atoms with E-state index in [4.69, 9.17) is 10.7 Å². The van der Waals surface area contributed by atoms with Crippen molar-refractivity contribution in [2.24, 2.45) is 10.7 Å². The molecule has 4 heteroatoms. The van der Waals surface area contributed by atoms with Gasteiger partial charge in [0.05, 0.1) is 5.54 Å². The Bertz CT molecular complexity index is 724. The van der Waals surface area contributed by atoms with Gasteiger partial charge in [0.25, 0.3) is 0 Å². The first-order valence-electron chi connectivity index (χ1n) is 8.49. The third-order valence-corrected chi connectivity index (χ3v) is 5.40. The first kappa shape index (κ1) is 16.9. The van der Waals surface area contributed by atoms with Crippen LogP contribution in [-0.4, -0.2) is 10.9 Å². The molecule has 3 nitrogen and oxygen atoms in total. The van der Waals surface area contributed by atoms with Gasteiger partial charge in [0.2, 0.25) is 0 Å². The lowest BCUT2D eigenvalue weighted by Gasteiger charge is -2.30. The zero-order chi connectivity index (χ0) is 17.0. The Hall–Kier alpha value is -1.94. The number of thioether (sulfide) groups is 1. The van der Waals surface area contributed by atoms with Crippen LogP contribution in [0, 0.1) is 0 Å². The summed E-state index contributed by atoms with van der Waals surface area (Å²) >= 11 is 1.65. The first-order chi connectivity index (χ1) is 11.6. The van der Waals surface area contributed by atoms with Gasteiger partial charge in [0.15, 0.2) is 5.17 Å². The third-order valence-electron chi connectivity index (χ3n) is 4.60. The van der Waals surface area contributed by atoms with E-state index in [-0.39, 0.29) is 5.54 Å². The van der Waals surface area contributed by atoms with Crippen LogP contribution in [0.2, 0.25) is 0 Å². The molecule has 2 aromatic carbocycles. The highest BCUT2D eigenvalue weighted by atomic mass is 32.2. The van der Waals surface area contributed by atoms with Gasteiger partial charge in [0.1, 0.15) is 0 Å². The molecule has 24 heavy (non-hydrogen) atoms. The Morgan fingerprint density at radius 1 is 1.17 bits per heavy atom. The number of rotatable bonds is 5. The van der Waals surface area contributed by atoms with Crippen LogP contribution in [0.5, 0.6) is 0 Å². The zero-order valence-electron chi connectivity index (χ0n) is 14.4. The maximum atomic E-state index is 5.94. The van der Waals surface area contributed by atoms with E-state index in [1.807, 2.05) is 0 Å². The Morgan fingerprint density at radius 2 is 1.96 bits per heavy atom. The molecule has 3 rings (SSSR count). The highest BCUT2D eigenvalue weighted by Gasteiger charge is 2.29. The van der Waals surface area contributed by atoms with Gasteiger partial charge < -0.3 is 11.1 Å². The van der Waals surface area contributed by atoms with Crippen molar-refractivity contribution >= 4 is 22.6 Å². The van der Waals surface area contributed by atoms with Gasteiger partial charge in [-0.15, -0.1) is 0 Å². The minimum atomic E-state index is -0.200. The summed E-state index contributed by atoms with van der Waals surface area (Å²) in [6, 6.07) is 17.3. The fourth-order valence-corrected chi connectivity index (χ4v) is 3.95. The van der Waals surface area contributed by atoms with Crippen LogP contribution >= 0.6 is 11.8 Å². The molecule has 1 aliphatic heterocycles. The molecule has 0 saturated carbocycles. The molecule has 2 aromatic rings. The van der Waals surface area contributed by atoms with Crippen molar-refractivity contribution in [3.63, 3.8) is 0 Å². The number of hydrogen-bond donors (Lipinski definition) is 2. The van der Waals surface area contributed by atoms with Gasteiger partial charge in [-0.1, -0.05) is 55.1 Å². The quantitative estimate of drug-likeness (QED) is 0.841. The lowest BCUT2D eigenvalue weighted by Crippen LogP contribution is -2.28. The Labute approximate surface area is 148 Å². The lowest BCUT2D eigenvalue weighted by atomic mass is 9.89. The van der Waals surface area contributed by atoms with E-state index >= 15 is 0 Å². The van der Waals surface area contributed by atoms with Crippen molar-refractivity contribution < 1.29 is 0 Å². The molecule has 0 radical (unpaired) electrons. The number of nitrogens with one attached hydrogen (secondary N) is 1. The van der Waals surface area contributed by atoms with Crippen molar-refractivity contribution in [3.8, 4) is 0 Å². The van der Waals surface area contributed by atoms with Crippen LogP contribution in [0.4, 0.5) is 5.69 Å². The first-order valence-corrected chi connectivity index (χ1v) is 9.48. The molecule has 0 aromatic heterocycles. The van der Waals surface area contributed by atoms with Gasteiger partial charge >= 0.3 is 0 Å². The number of benzene rings is 2.